The van der Waals surface area contributed by atoms with Crippen molar-refractivity contribution in [2.24, 2.45) is 0 Å². The number of carbonyl (C=O) groups is 2. The van der Waals surface area contributed by atoms with Crippen LogP contribution in [0.5, 0.6) is 11.5 Å². The first-order valence-electron chi connectivity index (χ1n) is 10.6. The van der Waals surface area contributed by atoms with Crippen LogP contribution in [0.3, 0.4) is 0 Å². The average Bonchev–Trinajstić information content (AvgIpc) is 2.75. The normalized spacial score (nSPS) is 11.8. The van der Waals surface area contributed by atoms with Crippen molar-refractivity contribution in [2.75, 3.05) is 5.32 Å². The van der Waals surface area contributed by atoms with E-state index in [1.54, 1.807) is 45.0 Å². The Labute approximate surface area is 193 Å². The van der Waals surface area contributed by atoms with E-state index in [-0.39, 0.29) is 6.42 Å². The van der Waals surface area contributed by atoms with Crippen LogP contribution in [-0.4, -0.2) is 28.8 Å². The Kier molecular flexibility index (Phi) is 7.56. The summed E-state index contributed by atoms with van der Waals surface area (Å²) in [6.07, 6.45) is -0.644. The number of hydrogen-bond acceptors (Lipinski definition) is 5. The fraction of sp³-hybridized carbons (Fsp3) is 0.231. The molecule has 0 saturated heterocycles. The monoisotopic (exact) mass is 448 g/mol. The van der Waals surface area contributed by atoms with Gasteiger partial charge in [0.1, 0.15) is 23.1 Å². The van der Waals surface area contributed by atoms with E-state index in [9.17, 15) is 14.7 Å². The number of carboxylic acid groups (broad SMARTS) is 1. The standard InChI is InChI=1S/C26H28N2O5/c1-26(2,3)33-25(31)28-23(24(29)30)17-18-9-13-21(14-10-18)32-22-15-11-20(12-16-22)27-19-7-5-4-6-8-19/h4-16,23,27H,17H2,1-3H3,(H,28,31)(H,29,30). The van der Waals surface area contributed by atoms with Crippen LogP contribution in [0.1, 0.15) is 26.3 Å². The highest BCUT2D eigenvalue weighted by molar-refractivity contribution is 5.80. The summed E-state index contributed by atoms with van der Waals surface area (Å²) < 4.78 is 11.0. The molecule has 7 nitrogen and oxygen atoms in total. The highest BCUT2D eigenvalue weighted by Crippen LogP contribution is 2.25. The Hall–Kier alpha value is -4.00. The number of benzene rings is 3. The summed E-state index contributed by atoms with van der Waals surface area (Å²) in [5.74, 6) is 0.163. The second-order valence-corrected chi connectivity index (χ2v) is 8.50. The number of nitrogens with one attached hydrogen (secondary N) is 2. The molecule has 0 aliphatic heterocycles. The molecule has 3 rings (SSSR count). The van der Waals surface area contributed by atoms with Gasteiger partial charge in [-0.15, -0.1) is 0 Å². The first-order valence-corrected chi connectivity index (χ1v) is 10.6. The van der Waals surface area contributed by atoms with E-state index in [1.807, 2.05) is 54.6 Å². The highest BCUT2D eigenvalue weighted by atomic mass is 16.6. The van der Waals surface area contributed by atoms with E-state index in [4.69, 9.17) is 9.47 Å². The van der Waals surface area contributed by atoms with Crippen molar-refractivity contribution < 1.29 is 24.2 Å². The summed E-state index contributed by atoms with van der Waals surface area (Å²) in [6, 6.07) is 23.4. The van der Waals surface area contributed by atoms with Crippen molar-refractivity contribution in [3.8, 4) is 11.5 Å². The molecule has 172 valence electrons. The van der Waals surface area contributed by atoms with Crippen molar-refractivity contribution in [3.05, 3.63) is 84.4 Å². The predicted molar refractivity (Wildman–Crippen MR) is 127 cm³/mol. The maximum Gasteiger partial charge on any atom is 0.408 e. The van der Waals surface area contributed by atoms with E-state index >= 15 is 0 Å². The van der Waals surface area contributed by atoms with Crippen molar-refractivity contribution >= 4 is 23.4 Å². The average molecular weight is 449 g/mol. The Morgan fingerprint density at radius 3 is 1.94 bits per heavy atom. The molecule has 0 bridgehead atoms. The van der Waals surface area contributed by atoms with Gasteiger partial charge in [0.05, 0.1) is 0 Å². The molecule has 3 N–H and O–H groups in total. The molecule has 1 atom stereocenters. The molecule has 7 heteroatoms. The molecule has 1 amide bonds. The molecule has 0 radical (unpaired) electrons. The smallest absolute Gasteiger partial charge is 0.408 e. The molecule has 0 aliphatic rings. The third-order valence-corrected chi connectivity index (χ3v) is 4.50. The Balaban J connectivity index is 1.56. The first kappa shape index (κ1) is 23.7. The van der Waals surface area contributed by atoms with E-state index in [2.05, 4.69) is 10.6 Å². The molecule has 0 heterocycles. The summed E-state index contributed by atoms with van der Waals surface area (Å²) in [5.41, 5.74) is 1.99. The van der Waals surface area contributed by atoms with Crippen molar-refractivity contribution in [1.29, 1.82) is 0 Å². The van der Waals surface area contributed by atoms with Gasteiger partial charge in [0.25, 0.3) is 0 Å². The van der Waals surface area contributed by atoms with E-state index in [0.717, 1.165) is 16.9 Å². The van der Waals surface area contributed by atoms with Gasteiger partial charge in [-0.1, -0.05) is 30.3 Å². The van der Waals surface area contributed by atoms with Crippen LogP contribution in [0.2, 0.25) is 0 Å². The Morgan fingerprint density at radius 2 is 1.39 bits per heavy atom. The third kappa shape index (κ3) is 7.88. The number of aliphatic carboxylic acids is 1. The lowest BCUT2D eigenvalue weighted by atomic mass is 10.1. The van der Waals surface area contributed by atoms with Crippen molar-refractivity contribution in [1.82, 2.24) is 5.32 Å². The fourth-order valence-electron chi connectivity index (χ4n) is 3.01. The van der Waals surface area contributed by atoms with E-state index < -0.39 is 23.7 Å². The number of alkyl carbamates (subject to hydrolysis) is 1. The fourth-order valence-corrected chi connectivity index (χ4v) is 3.01. The van der Waals surface area contributed by atoms with Gasteiger partial charge in [0.2, 0.25) is 0 Å². The molecule has 0 fully saturated rings. The number of rotatable bonds is 8. The predicted octanol–water partition coefficient (Wildman–Crippen LogP) is 5.74. The van der Waals surface area contributed by atoms with Crippen LogP contribution < -0.4 is 15.4 Å². The Morgan fingerprint density at radius 1 is 0.848 bits per heavy atom. The van der Waals surface area contributed by atoms with Gasteiger partial charge in [-0.05, 0) is 74.9 Å². The quantitative estimate of drug-likeness (QED) is 0.406. The maximum absolute atomic E-state index is 11.9. The molecular formula is C26H28N2O5. The van der Waals surface area contributed by atoms with Crippen LogP contribution >= 0.6 is 0 Å². The second kappa shape index (κ2) is 10.5. The minimum atomic E-state index is -1.13. The van der Waals surface area contributed by atoms with Crippen LogP contribution in [0.15, 0.2) is 78.9 Å². The van der Waals surface area contributed by atoms with E-state index in [0.29, 0.717) is 11.5 Å². The van der Waals surface area contributed by atoms with Gasteiger partial charge in [0, 0.05) is 17.8 Å². The molecule has 0 saturated carbocycles. The molecule has 0 spiro atoms. The van der Waals surface area contributed by atoms with Crippen molar-refractivity contribution in [3.63, 3.8) is 0 Å². The number of hydrogen-bond donors (Lipinski definition) is 3. The minimum absolute atomic E-state index is 0.120. The number of anilines is 2. The minimum Gasteiger partial charge on any atom is -0.480 e. The van der Waals surface area contributed by atoms with Crippen LogP contribution in [-0.2, 0) is 16.0 Å². The highest BCUT2D eigenvalue weighted by Gasteiger charge is 2.24. The number of carboxylic acids is 1. The summed E-state index contributed by atoms with van der Waals surface area (Å²) in [5, 5.41) is 15.2. The molecule has 1 unspecified atom stereocenters. The molecular weight excluding hydrogens is 420 g/mol. The van der Waals surface area contributed by atoms with E-state index in [1.165, 1.54) is 0 Å². The van der Waals surface area contributed by atoms with Crippen molar-refractivity contribution in [2.45, 2.75) is 38.8 Å². The Bertz CT molecular complexity index is 1060. The van der Waals surface area contributed by atoms with Gasteiger partial charge in [-0.3, -0.25) is 0 Å². The van der Waals surface area contributed by atoms with Gasteiger partial charge in [0.15, 0.2) is 0 Å². The molecule has 3 aromatic carbocycles. The lowest BCUT2D eigenvalue weighted by molar-refractivity contribution is -0.139. The van der Waals surface area contributed by atoms with Crippen LogP contribution in [0.4, 0.5) is 16.2 Å². The zero-order valence-electron chi connectivity index (χ0n) is 18.9. The number of para-hydroxylation sites is 1. The first-order chi connectivity index (χ1) is 15.7. The topological polar surface area (TPSA) is 96.9 Å². The second-order valence-electron chi connectivity index (χ2n) is 8.50. The molecule has 0 aliphatic carbocycles. The maximum atomic E-state index is 11.9. The van der Waals surface area contributed by atoms with Crippen LogP contribution in [0, 0.1) is 0 Å². The van der Waals surface area contributed by atoms with Gasteiger partial charge in [-0.25, -0.2) is 9.59 Å². The molecule has 3 aromatic rings. The zero-order chi connectivity index (χ0) is 23.8. The SMILES string of the molecule is CC(C)(C)OC(=O)NC(Cc1ccc(Oc2ccc(Nc3ccccc3)cc2)cc1)C(=O)O. The summed E-state index contributed by atoms with van der Waals surface area (Å²) in [7, 11) is 0. The number of carbonyl (C=O) groups excluding carboxylic acids is 1. The third-order valence-electron chi connectivity index (χ3n) is 4.50. The molecule has 33 heavy (non-hydrogen) atoms. The zero-order valence-corrected chi connectivity index (χ0v) is 18.9. The number of ether oxygens (including phenoxy) is 2. The lowest BCUT2D eigenvalue weighted by Crippen LogP contribution is -2.44. The number of amides is 1. The summed E-state index contributed by atoms with van der Waals surface area (Å²) >= 11 is 0. The molecule has 0 aromatic heterocycles. The lowest BCUT2D eigenvalue weighted by Gasteiger charge is -2.22. The van der Waals surface area contributed by atoms with Gasteiger partial charge in [-0.2, -0.15) is 0 Å². The van der Waals surface area contributed by atoms with Gasteiger partial charge >= 0.3 is 12.1 Å². The summed E-state index contributed by atoms with van der Waals surface area (Å²) in [6.45, 7) is 5.15. The summed E-state index contributed by atoms with van der Waals surface area (Å²) in [4.78, 5) is 23.5. The van der Waals surface area contributed by atoms with Gasteiger partial charge < -0.3 is 25.2 Å². The van der Waals surface area contributed by atoms with Crippen LogP contribution in [0.25, 0.3) is 0 Å². The largest absolute Gasteiger partial charge is 0.480 e.